The molecular formula is C19H31N3O3S. The second-order valence-electron chi connectivity index (χ2n) is 7.81. The third-order valence-electron chi connectivity index (χ3n) is 4.47. The summed E-state index contributed by atoms with van der Waals surface area (Å²) in [5, 5.41) is 0. The SMILES string of the molecule is CCN1CCN(C(=O)CCc2ccc(S(=O)(=O)NC(C)(C)C)cc2)CC1. The zero-order valence-corrected chi connectivity index (χ0v) is 17.1. The van der Waals surface area contributed by atoms with Crippen molar-refractivity contribution in [3.63, 3.8) is 0 Å². The Morgan fingerprint density at radius 1 is 1.08 bits per heavy atom. The largest absolute Gasteiger partial charge is 0.340 e. The molecule has 6 nitrogen and oxygen atoms in total. The summed E-state index contributed by atoms with van der Waals surface area (Å²) >= 11 is 0. The van der Waals surface area contributed by atoms with Crippen molar-refractivity contribution < 1.29 is 13.2 Å². The number of sulfonamides is 1. The van der Waals surface area contributed by atoms with E-state index in [1.807, 2.05) is 25.7 Å². The van der Waals surface area contributed by atoms with E-state index in [4.69, 9.17) is 0 Å². The molecule has 1 aliphatic rings. The van der Waals surface area contributed by atoms with Crippen LogP contribution in [0.3, 0.4) is 0 Å². The normalized spacial score (nSPS) is 16.7. The average Bonchev–Trinajstić information content (AvgIpc) is 2.58. The van der Waals surface area contributed by atoms with Gasteiger partial charge in [-0.1, -0.05) is 19.1 Å². The molecule has 1 aromatic carbocycles. The van der Waals surface area contributed by atoms with Crippen LogP contribution in [0, 0.1) is 0 Å². The Labute approximate surface area is 157 Å². The van der Waals surface area contributed by atoms with Crippen LogP contribution in [0.25, 0.3) is 0 Å². The van der Waals surface area contributed by atoms with E-state index >= 15 is 0 Å². The minimum absolute atomic E-state index is 0.173. The molecule has 0 bridgehead atoms. The first kappa shape index (κ1) is 20.9. The van der Waals surface area contributed by atoms with Gasteiger partial charge >= 0.3 is 0 Å². The predicted octanol–water partition coefficient (Wildman–Crippen LogP) is 1.86. The van der Waals surface area contributed by atoms with Gasteiger partial charge in [0.25, 0.3) is 0 Å². The van der Waals surface area contributed by atoms with Crippen LogP contribution in [0.1, 0.15) is 39.7 Å². The smallest absolute Gasteiger partial charge is 0.241 e. The van der Waals surface area contributed by atoms with Gasteiger partial charge in [-0.15, -0.1) is 0 Å². The van der Waals surface area contributed by atoms with Gasteiger partial charge in [0.15, 0.2) is 0 Å². The molecule has 1 fully saturated rings. The monoisotopic (exact) mass is 381 g/mol. The Bertz CT molecular complexity index is 701. The maximum atomic E-state index is 12.4. The van der Waals surface area contributed by atoms with Crippen LogP contribution in [0.5, 0.6) is 0 Å². The van der Waals surface area contributed by atoms with Crippen LogP contribution >= 0.6 is 0 Å². The van der Waals surface area contributed by atoms with Gasteiger partial charge in [-0.25, -0.2) is 13.1 Å². The summed E-state index contributed by atoms with van der Waals surface area (Å²) in [7, 11) is -3.52. The van der Waals surface area contributed by atoms with Crippen molar-refractivity contribution in [1.29, 1.82) is 0 Å². The first-order valence-electron chi connectivity index (χ1n) is 9.24. The fourth-order valence-corrected chi connectivity index (χ4v) is 4.44. The summed E-state index contributed by atoms with van der Waals surface area (Å²) in [4.78, 5) is 16.9. The molecule has 0 aromatic heterocycles. The second-order valence-corrected chi connectivity index (χ2v) is 9.50. The molecular weight excluding hydrogens is 350 g/mol. The van der Waals surface area contributed by atoms with Gasteiger partial charge in [0, 0.05) is 38.1 Å². The maximum Gasteiger partial charge on any atom is 0.241 e. The molecule has 1 heterocycles. The first-order valence-corrected chi connectivity index (χ1v) is 10.7. The van der Waals surface area contributed by atoms with Crippen molar-refractivity contribution in [3.8, 4) is 0 Å². The van der Waals surface area contributed by atoms with E-state index in [-0.39, 0.29) is 10.8 Å². The van der Waals surface area contributed by atoms with Crippen molar-refractivity contribution in [2.75, 3.05) is 32.7 Å². The number of hydrogen-bond acceptors (Lipinski definition) is 4. The molecule has 1 N–H and O–H groups in total. The first-order chi connectivity index (χ1) is 12.1. The molecule has 146 valence electrons. The minimum Gasteiger partial charge on any atom is -0.340 e. The average molecular weight is 382 g/mol. The van der Waals surface area contributed by atoms with E-state index in [0.29, 0.717) is 12.8 Å². The Morgan fingerprint density at radius 3 is 2.15 bits per heavy atom. The zero-order valence-electron chi connectivity index (χ0n) is 16.3. The highest BCUT2D eigenvalue weighted by atomic mass is 32.2. The highest BCUT2D eigenvalue weighted by molar-refractivity contribution is 7.89. The summed E-state index contributed by atoms with van der Waals surface area (Å²) in [5.41, 5.74) is 0.450. The predicted molar refractivity (Wildman–Crippen MR) is 104 cm³/mol. The Hall–Kier alpha value is -1.44. The summed E-state index contributed by atoms with van der Waals surface area (Å²) in [5.74, 6) is 0.173. The Morgan fingerprint density at radius 2 is 1.65 bits per heavy atom. The second kappa shape index (κ2) is 8.50. The number of rotatable bonds is 6. The van der Waals surface area contributed by atoms with E-state index in [1.165, 1.54) is 0 Å². The summed E-state index contributed by atoms with van der Waals surface area (Å²) in [6.07, 6.45) is 1.08. The van der Waals surface area contributed by atoms with Crippen molar-refractivity contribution in [3.05, 3.63) is 29.8 Å². The number of amides is 1. The number of carbonyl (C=O) groups is 1. The minimum atomic E-state index is -3.52. The number of nitrogens with zero attached hydrogens (tertiary/aromatic N) is 2. The third kappa shape index (κ3) is 6.07. The van der Waals surface area contributed by atoms with Gasteiger partial charge in [0.1, 0.15) is 0 Å². The molecule has 1 saturated heterocycles. The zero-order chi connectivity index (χ0) is 19.4. The summed E-state index contributed by atoms with van der Waals surface area (Å²) in [6, 6.07) is 6.79. The van der Waals surface area contributed by atoms with E-state index in [0.717, 1.165) is 38.3 Å². The Kier molecular flexibility index (Phi) is 6.82. The van der Waals surface area contributed by atoms with Gasteiger partial charge in [-0.2, -0.15) is 0 Å². The highest BCUT2D eigenvalue weighted by Gasteiger charge is 2.22. The summed E-state index contributed by atoms with van der Waals surface area (Å²) < 4.78 is 27.3. The molecule has 7 heteroatoms. The van der Waals surface area contributed by atoms with Crippen molar-refractivity contribution in [1.82, 2.24) is 14.5 Å². The number of hydrogen-bond donors (Lipinski definition) is 1. The number of carbonyl (C=O) groups excluding carboxylic acids is 1. The van der Waals surface area contributed by atoms with Crippen LogP contribution in [0.15, 0.2) is 29.2 Å². The van der Waals surface area contributed by atoms with Crippen LogP contribution in [-0.2, 0) is 21.2 Å². The van der Waals surface area contributed by atoms with Crippen molar-refractivity contribution in [2.45, 2.75) is 51.0 Å². The topological polar surface area (TPSA) is 69.7 Å². The van der Waals surface area contributed by atoms with Crippen molar-refractivity contribution >= 4 is 15.9 Å². The van der Waals surface area contributed by atoms with Gasteiger partial charge in [-0.3, -0.25) is 4.79 Å². The number of likely N-dealkylation sites (N-methyl/N-ethyl adjacent to an activating group) is 1. The van der Waals surface area contributed by atoms with Gasteiger partial charge in [0.2, 0.25) is 15.9 Å². The molecule has 1 amide bonds. The molecule has 1 aliphatic heterocycles. The number of nitrogens with one attached hydrogen (secondary N) is 1. The fourth-order valence-electron chi connectivity index (χ4n) is 3.02. The Balaban J connectivity index is 1.88. The molecule has 0 unspecified atom stereocenters. The van der Waals surface area contributed by atoms with E-state index < -0.39 is 15.6 Å². The molecule has 0 radical (unpaired) electrons. The van der Waals surface area contributed by atoms with Gasteiger partial charge in [-0.05, 0) is 51.4 Å². The van der Waals surface area contributed by atoms with E-state index in [1.54, 1.807) is 24.3 Å². The van der Waals surface area contributed by atoms with Crippen LogP contribution < -0.4 is 4.72 Å². The number of piperazine rings is 1. The number of benzene rings is 1. The van der Waals surface area contributed by atoms with Crippen LogP contribution in [-0.4, -0.2) is 62.4 Å². The fraction of sp³-hybridized carbons (Fsp3) is 0.632. The van der Waals surface area contributed by atoms with E-state index in [9.17, 15) is 13.2 Å². The molecule has 0 aliphatic carbocycles. The molecule has 0 atom stereocenters. The lowest BCUT2D eigenvalue weighted by molar-refractivity contribution is -0.132. The maximum absolute atomic E-state index is 12.4. The van der Waals surface area contributed by atoms with Crippen molar-refractivity contribution in [2.24, 2.45) is 0 Å². The lowest BCUT2D eigenvalue weighted by Gasteiger charge is -2.34. The number of aryl methyl sites for hydroxylation is 1. The lowest BCUT2D eigenvalue weighted by atomic mass is 10.1. The van der Waals surface area contributed by atoms with Crippen LogP contribution in [0.4, 0.5) is 0 Å². The standard InChI is InChI=1S/C19H31N3O3S/c1-5-21-12-14-22(15-13-21)18(23)11-8-16-6-9-17(10-7-16)26(24,25)20-19(2,3)4/h6-7,9-10,20H,5,8,11-15H2,1-4H3. The molecule has 0 saturated carbocycles. The molecule has 26 heavy (non-hydrogen) atoms. The van der Waals surface area contributed by atoms with Gasteiger partial charge < -0.3 is 9.80 Å². The summed E-state index contributed by atoms with van der Waals surface area (Å²) in [6.45, 7) is 12.1. The molecule has 1 aromatic rings. The lowest BCUT2D eigenvalue weighted by Crippen LogP contribution is -2.48. The molecule has 0 spiro atoms. The van der Waals surface area contributed by atoms with E-state index in [2.05, 4.69) is 16.5 Å². The van der Waals surface area contributed by atoms with Crippen LogP contribution in [0.2, 0.25) is 0 Å². The highest BCUT2D eigenvalue weighted by Crippen LogP contribution is 2.15. The third-order valence-corrected chi connectivity index (χ3v) is 6.25. The quantitative estimate of drug-likeness (QED) is 0.817. The molecule has 2 rings (SSSR count). The van der Waals surface area contributed by atoms with Gasteiger partial charge in [0.05, 0.1) is 4.90 Å².